The largest absolute Gasteiger partial charge is 0.350 e. The molecule has 4 rings (SSSR count). The lowest BCUT2D eigenvalue weighted by molar-refractivity contribution is 0.0698. The lowest BCUT2D eigenvalue weighted by Crippen LogP contribution is -2.40. The van der Waals surface area contributed by atoms with Gasteiger partial charge in [-0.1, -0.05) is 24.3 Å². The van der Waals surface area contributed by atoms with Crippen LogP contribution in [-0.4, -0.2) is 43.2 Å². The van der Waals surface area contributed by atoms with Gasteiger partial charge in [0.05, 0.1) is 5.69 Å². The number of pyridine rings is 1. The molecule has 0 radical (unpaired) electrons. The molecule has 1 unspecified atom stereocenters. The first kappa shape index (κ1) is 17.2. The minimum atomic E-state index is -0.177. The monoisotopic (exact) mass is 363 g/mol. The summed E-state index contributed by atoms with van der Waals surface area (Å²) < 4.78 is 3.02. The Kier molecular flexibility index (Phi) is 4.58. The van der Waals surface area contributed by atoms with Crippen molar-refractivity contribution < 1.29 is 4.79 Å². The number of amides is 1. The van der Waals surface area contributed by atoms with Crippen LogP contribution in [0.2, 0.25) is 0 Å². The van der Waals surface area contributed by atoms with E-state index in [4.69, 9.17) is 0 Å². The van der Waals surface area contributed by atoms with Gasteiger partial charge in [-0.25, -0.2) is 14.0 Å². The molecule has 138 valence electrons. The number of nitrogens with zero attached hydrogens (tertiary/aromatic N) is 5. The molecular formula is C20H21N5O2. The summed E-state index contributed by atoms with van der Waals surface area (Å²) in [4.78, 5) is 31.4. The molecule has 0 N–H and O–H groups in total. The minimum Gasteiger partial charge on any atom is -0.337 e. The maximum absolute atomic E-state index is 12.8. The number of piperidine rings is 1. The van der Waals surface area contributed by atoms with Crippen LogP contribution in [0.3, 0.4) is 0 Å². The predicted octanol–water partition coefficient (Wildman–Crippen LogP) is 1.99. The lowest BCUT2D eigenvalue weighted by Gasteiger charge is -2.32. The van der Waals surface area contributed by atoms with Crippen molar-refractivity contribution in [2.75, 3.05) is 13.1 Å². The summed E-state index contributed by atoms with van der Waals surface area (Å²) in [6.45, 7) is 1.22. The second kappa shape index (κ2) is 7.19. The number of likely N-dealkylation sites (tertiary alicyclic amines) is 1. The summed E-state index contributed by atoms with van der Waals surface area (Å²) in [7, 11) is 1.66. The number of hydrogen-bond donors (Lipinski definition) is 0. The summed E-state index contributed by atoms with van der Waals surface area (Å²) in [5.74, 6) is 0.623. The summed E-state index contributed by atoms with van der Waals surface area (Å²) in [6, 6.07) is 14.8. The molecule has 3 heterocycles. The number of carbonyl (C=O) groups excluding carboxylic acids is 1. The highest BCUT2D eigenvalue weighted by atomic mass is 16.2. The fourth-order valence-corrected chi connectivity index (χ4v) is 3.59. The van der Waals surface area contributed by atoms with Gasteiger partial charge < -0.3 is 4.90 Å². The maximum Gasteiger partial charge on any atom is 0.350 e. The van der Waals surface area contributed by atoms with Crippen LogP contribution in [0.15, 0.2) is 59.5 Å². The third-order valence-corrected chi connectivity index (χ3v) is 4.92. The van der Waals surface area contributed by atoms with Crippen molar-refractivity contribution in [2.45, 2.75) is 18.8 Å². The molecule has 3 aromatic rings. The molecule has 2 aromatic heterocycles. The number of hydrogen-bond acceptors (Lipinski definition) is 4. The summed E-state index contributed by atoms with van der Waals surface area (Å²) in [6.07, 6.45) is 3.37. The van der Waals surface area contributed by atoms with Gasteiger partial charge in [0, 0.05) is 32.3 Å². The second-order valence-corrected chi connectivity index (χ2v) is 6.74. The Bertz CT molecular complexity index is 994. The van der Waals surface area contributed by atoms with Crippen LogP contribution in [0, 0.1) is 0 Å². The average molecular weight is 363 g/mol. The summed E-state index contributed by atoms with van der Waals surface area (Å²) in [5, 5.41) is 4.49. The second-order valence-electron chi connectivity index (χ2n) is 6.74. The quantitative estimate of drug-likeness (QED) is 0.713. The summed E-state index contributed by atoms with van der Waals surface area (Å²) >= 11 is 0. The van der Waals surface area contributed by atoms with E-state index < -0.39 is 0 Å². The van der Waals surface area contributed by atoms with Crippen molar-refractivity contribution in [3.8, 4) is 5.69 Å². The van der Waals surface area contributed by atoms with Gasteiger partial charge in [-0.2, -0.15) is 5.10 Å². The van der Waals surface area contributed by atoms with Crippen LogP contribution >= 0.6 is 0 Å². The zero-order valence-corrected chi connectivity index (χ0v) is 15.2. The van der Waals surface area contributed by atoms with Crippen molar-refractivity contribution >= 4 is 5.91 Å². The van der Waals surface area contributed by atoms with E-state index in [0.717, 1.165) is 18.5 Å². The first-order chi connectivity index (χ1) is 13.1. The van der Waals surface area contributed by atoms with E-state index in [1.165, 1.54) is 4.68 Å². The van der Waals surface area contributed by atoms with Gasteiger partial charge in [0.25, 0.3) is 5.91 Å². The Morgan fingerprint density at radius 2 is 1.89 bits per heavy atom. The van der Waals surface area contributed by atoms with Crippen LogP contribution in [0.25, 0.3) is 5.69 Å². The Labute approximate surface area is 156 Å². The SMILES string of the molecule is Cn1nc(C2CCCN(C(=O)c3ccccn3)C2)n(-c2ccccc2)c1=O. The van der Waals surface area contributed by atoms with Crippen LogP contribution in [-0.2, 0) is 7.05 Å². The van der Waals surface area contributed by atoms with E-state index in [2.05, 4.69) is 10.1 Å². The van der Waals surface area contributed by atoms with Crippen molar-refractivity contribution in [1.82, 2.24) is 24.2 Å². The van der Waals surface area contributed by atoms with Gasteiger partial charge >= 0.3 is 5.69 Å². The average Bonchev–Trinajstić information content (AvgIpc) is 3.03. The standard InChI is InChI=1S/C20H21N5O2/c1-23-20(27)25(16-9-3-2-4-10-16)18(22-23)15-8-7-13-24(14-15)19(26)17-11-5-6-12-21-17/h2-6,9-12,15H,7-8,13-14H2,1H3. The van der Waals surface area contributed by atoms with Crippen molar-refractivity contribution in [3.63, 3.8) is 0 Å². The molecule has 7 nitrogen and oxygen atoms in total. The third kappa shape index (κ3) is 3.28. The zero-order valence-electron chi connectivity index (χ0n) is 15.2. The van der Waals surface area contributed by atoms with E-state index in [1.54, 1.807) is 29.9 Å². The van der Waals surface area contributed by atoms with Crippen LogP contribution in [0.1, 0.15) is 35.1 Å². The molecule has 7 heteroatoms. The topological polar surface area (TPSA) is 73.0 Å². The first-order valence-corrected chi connectivity index (χ1v) is 9.07. The predicted molar refractivity (Wildman–Crippen MR) is 101 cm³/mol. The van der Waals surface area contributed by atoms with Gasteiger partial charge in [-0.05, 0) is 37.1 Å². The molecule has 1 amide bonds. The number of benzene rings is 1. The molecule has 1 atom stereocenters. The molecule has 0 spiro atoms. The number of aryl methyl sites for hydroxylation is 1. The highest BCUT2D eigenvalue weighted by Gasteiger charge is 2.30. The van der Waals surface area contributed by atoms with E-state index in [1.807, 2.05) is 41.3 Å². The molecule has 1 fully saturated rings. The Morgan fingerprint density at radius 3 is 2.63 bits per heavy atom. The number of rotatable bonds is 3. The van der Waals surface area contributed by atoms with E-state index in [-0.39, 0.29) is 17.5 Å². The van der Waals surface area contributed by atoms with Crippen molar-refractivity contribution in [1.29, 1.82) is 0 Å². The molecule has 0 aliphatic carbocycles. The molecule has 1 aliphatic rings. The van der Waals surface area contributed by atoms with Crippen LogP contribution in [0.5, 0.6) is 0 Å². The van der Waals surface area contributed by atoms with Crippen LogP contribution in [0.4, 0.5) is 0 Å². The fourth-order valence-electron chi connectivity index (χ4n) is 3.59. The van der Waals surface area contributed by atoms with Crippen molar-refractivity contribution in [3.05, 3.63) is 76.7 Å². The molecule has 1 saturated heterocycles. The minimum absolute atomic E-state index is 0.000480. The molecule has 0 saturated carbocycles. The smallest absolute Gasteiger partial charge is 0.337 e. The maximum atomic E-state index is 12.8. The first-order valence-electron chi connectivity index (χ1n) is 9.07. The molecule has 1 aliphatic heterocycles. The normalized spacial score (nSPS) is 17.1. The highest BCUT2D eigenvalue weighted by molar-refractivity contribution is 5.92. The number of carbonyl (C=O) groups is 1. The van der Waals surface area contributed by atoms with Gasteiger partial charge in [0.1, 0.15) is 11.5 Å². The number of para-hydroxylation sites is 1. The molecule has 0 bridgehead atoms. The van der Waals surface area contributed by atoms with Crippen molar-refractivity contribution in [2.24, 2.45) is 7.05 Å². The van der Waals surface area contributed by atoms with Crippen LogP contribution < -0.4 is 5.69 Å². The fraction of sp³-hybridized carbons (Fsp3) is 0.300. The summed E-state index contributed by atoms with van der Waals surface area (Å²) in [5.41, 5.74) is 1.06. The van der Waals surface area contributed by atoms with Gasteiger partial charge in [0.15, 0.2) is 0 Å². The lowest BCUT2D eigenvalue weighted by atomic mass is 9.96. The Morgan fingerprint density at radius 1 is 1.11 bits per heavy atom. The van der Waals surface area contributed by atoms with Gasteiger partial charge in [-0.3, -0.25) is 9.78 Å². The highest BCUT2D eigenvalue weighted by Crippen LogP contribution is 2.27. The Hall–Kier alpha value is -3.22. The molecule has 27 heavy (non-hydrogen) atoms. The van der Waals surface area contributed by atoms with Gasteiger partial charge in [-0.15, -0.1) is 0 Å². The Balaban J connectivity index is 1.66. The molecule has 1 aromatic carbocycles. The number of aromatic nitrogens is 4. The molecular weight excluding hydrogens is 342 g/mol. The van der Waals surface area contributed by atoms with E-state index in [0.29, 0.717) is 24.6 Å². The third-order valence-electron chi connectivity index (χ3n) is 4.92. The van der Waals surface area contributed by atoms with E-state index in [9.17, 15) is 9.59 Å². The zero-order chi connectivity index (χ0) is 18.8. The van der Waals surface area contributed by atoms with Gasteiger partial charge in [0.2, 0.25) is 0 Å². The van der Waals surface area contributed by atoms with E-state index >= 15 is 0 Å².